The number of carbonyl (C=O) groups is 1. The largest absolute Gasteiger partial charge is 0.465 e. The van der Waals surface area contributed by atoms with Gasteiger partial charge in [-0.1, -0.05) is 25.1 Å². The minimum Gasteiger partial charge on any atom is -0.465 e. The maximum absolute atomic E-state index is 11.7. The maximum Gasteiger partial charge on any atom is 0.338 e. The van der Waals surface area contributed by atoms with E-state index in [-0.39, 0.29) is 5.97 Å². The SMILES string of the molecule is CCc1ccc(CNCc2ccccc2C(=O)OC)s1. The molecule has 0 bridgehead atoms. The third-order valence-corrected chi connectivity index (χ3v) is 4.33. The van der Waals surface area contributed by atoms with Crippen molar-refractivity contribution in [2.45, 2.75) is 26.4 Å². The molecule has 0 aliphatic carbocycles. The van der Waals surface area contributed by atoms with E-state index in [1.165, 1.54) is 16.9 Å². The highest BCUT2D eigenvalue weighted by Crippen LogP contribution is 2.17. The maximum atomic E-state index is 11.7. The van der Waals surface area contributed by atoms with Crippen molar-refractivity contribution in [1.82, 2.24) is 5.32 Å². The van der Waals surface area contributed by atoms with Crippen molar-refractivity contribution in [3.63, 3.8) is 0 Å². The van der Waals surface area contributed by atoms with Crippen LogP contribution in [0.15, 0.2) is 36.4 Å². The zero-order valence-electron chi connectivity index (χ0n) is 11.8. The van der Waals surface area contributed by atoms with Crippen molar-refractivity contribution >= 4 is 17.3 Å². The van der Waals surface area contributed by atoms with Crippen LogP contribution in [0.2, 0.25) is 0 Å². The molecule has 0 aliphatic heterocycles. The molecule has 2 aromatic rings. The normalized spacial score (nSPS) is 10.5. The van der Waals surface area contributed by atoms with Crippen LogP contribution in [0, 0.1) is 0 Å². The van der Waals surface area contributed by atoms with E-state index < -0.39 is 0 Å². The summed E-state index contributed by atoms with van der Waals surface area (Å²) in [7, 11) is 1.41. The lowest BCUT2D eigenvalue weighted by Gasteiger charge is -2.08. The van der Waals surface area contributed by atoms with E-state index in [4.69, 9.17) is 4.74 Å². The number of thiophene rings is 1. The molecule has 0 radical (unpaired) electrons. The number of ether oxygens (including phenoxy) is 1. The van der Waals surface area contributed by atoms with Crippen molar-refractivity contribution < 1.29 is 9.53 Å². The van der Waals surface area contributed by atoms with Crippen molar-refractivity contribution in [3.05, 3.63) is 57.3 Å². The lowest BCUT2D eigenvalue weighted by molar-refractivity contribution is 0.0599. The van der Waals surface area contributed by atoms with Gasteiger partial charge < -0.3 is 10.1 Å². The second-order valence-corrected chi connectivity index (χ2v) is 5.73. The van der Waals surface area contributed by atoms with Gasteiger partial charge in [-0.3, -0.25) is 0 Å². The van der Waals surface area contributed by atoms with Crippen molar-refractivity contribution in [3.8, 4) is 0 Å². The summed E-state index contributed by atoms with van der Waals surface area (Å²) in [5, 5.41) is 3.38. The highest BCUT2D eigenvalue weighted by Gasteiger charge is 2.10. The average Bonchev–Trinajstić information content (AvgIpc) is 2.95. The van der Waals surface area contributed by atoms with Crippen molar-refractivity contribution in [1.29, 1.82) is 0 Å². The van der Waals surface area contributed by atoms with E-state index >= 15 is 0 Å². The van der Waals surface area contributed by atoms with Gasteiger partial charge in [0.1, 0.15) is 0 Å². The summed E-state index contributed by atoms with van der Waals surface area (Å²) < 4.78 is 4.79. The van der Waals surface area contributed by atoms with E-state index in [9.17, 15) is 4.79 Å². The van der Waals surface area contributed by atoms with Crippen LogP contribution >= 0.6 is 11.3 Å². The Morgan fingerprint density at radius 3 is 2.60 bits per heavy atom. The van der Waals surface area contributed by atoms with Gasteiger partial charge in [-0.05, 0) is 30.2 Å². The summed E-state index contributed by atoms with van der Waals surface area (Å²) >= 11 is 1.83. The van der Waals surface area contributed by atoms with Gasteiger partial charge in [0, 0.05) is 22.8 Å². The van der Waals surface area contributed by atoms with Crippen LogP contribution in [0.25, 0.3) is 0 Å². The predicted octanol–water partition coefficient (Wildman–Crippen LogP) is 3.39. The summed E-state index contributed by atoms with van der Waals surface area (Å²) in [6, 6.07) is 11.9. The molecule has 1 aromatic carbocycles. The quantitative estimate of drug-likeness (QED) is 0.828. The second kappa shape index (κ2) is 7.22. The van der Waals surface area contributed by atoms with Crippen LogP contribution in [0.5, 0.6) is 0 Å². The molecule has 2 rings (SSSR count). The van der Waals surface area contributed by atoms with Gasteiger partial charge in [-0.25, -0.2) is 4.79 Å². The molecule has 0 atom stereocenters. The van der Waals surface area contributed by atoms with Gasteiger partial charge in [0.25, 0.3) is 0 Å². The van der Waals surface area contributed by atoms with E-state index in [0.29, 0.717) is 12.1 Å². The van der Waals surface area contributed by atoms with Crippen molar-refractivity contribution in [2.75, 3.05) is 7.11 Å². The molecule has 1 N–H and O–H groups in total. The van der Waals surface area contributed by atoms with E-state index in [1.54, 1.807) is 6.07 Å². The van der Waals surface area contributed by atoms with Crippen LogP contribution in [-0.2, 0) is 24.2 Å². The van der Waals surface area contributed by atoms with Crippen molar-refractivity contribution in [2.24, 2.45) is 0 Å². The Morgan fingerprint density at radius 1 is 1.15 bits per heavy atom. The number of methoxy groups -OCH3 is 1. The minimum atomic E-state index is -0.285. The first kappa shape index (κ1) is 14.8. The molecule has 0 fully saturated rings. The fourth-order valence-corrected chi connectivity index (χ4v) is 2.94. The Hall–Kier alpha value is -1.65. The molecule has 0 saturated carbocycles. The first-order chi connectivity index (χ1) is 9.74. The molecule has 0 saturated heterocycles. The van der Waals surface area contributed by atoms with E-state index in [0.717, 1.165) is 18.5 Å². The minimum absolute atomic E-state index is 0.285. The Balaban J connectivity index is 1.95. The molecule has 0 unspecified atom stereocenters. The van der Waals surface area contributed by atoms with Gasteiger partial charge in [0.15, 0.2) is 0 Å². The zero-order valence-corrected chi connectivity index (χ0v) is 12.6. The number of rotatable bonds is 6. The average molecular weight is 289 g/mol. The highest BCUT2D eigenvalue weighted by atomic mass is 32.1. The molecule has 4 heteroatoms. The lowest BCUT2D eigenvalue weighted by Crippen LogP contribution is -2.15. The Labute approximate surface area is 123 Å². The number of carbonyl (C=O) groups excluding carboxylic acids is 1. The molecule has 0 amide bonds. The van der Waals surface area contributed by atoms with Crippen LogP contribution in [0.1, 0.15) is 32.6 Å². The standard InChI is InChI=1S/C16H19NO2S/c1-3-13-8-9-14(20-13)11-17-10-12-6-4-5-7-15(12)16(18)19-2/h4-9,17H,3,10-11H2,1-2H3. The van der Waals surface area contributed by atoms with Crippen LogP contribution in [0.4, 0.5) is 0 Å². The Kier molecular flexibility index (Phi) is 5.32. The topological polar surface area (TPSA) is 38.3 Å². The summed E-state index contributed by atoms with van der Waals surface area (Å²) in [6.45, 7) is 3.64. The molecule has 1 heterocycles. The third-order valence-electron chi connectivity index (χ3n) is 3.10. The monoisotopic (exact) mass is 289 g/mol. The number of aryl methyl sites for hydroxylation is 1. The molecule has 3 nitrogen and oxygen atoms in total. The fraction of sp³-hybridized carbons (Fsp3) is 0.312. The van der Waals surface area contributed by atoms with Crippen LogP contribution < -0.4 is 5.32 Å². The lowest BCUT2D eigenvalue weighted by atomic mass is 10.1. The first-order valence-corrected chi connectivity index (χ1v) is 7.50. The predicted molar refractivity (Wildman–Crippen MR) is 82.0 cm³/mol. The van der Waals surface area contributed by atoms with Gasteiger partial charge in [-0.2, -0.15) is 0 Å². The van der Waals surface area contributed by atoms with Gasteiger partial charge in [0.2, 0.25) is 0 Å². The highest BCUT2D eigenvalue weighted by molar-refractivity contribution is 7.11. The zero-order chi connectivity index (χ0) is 14.4. The molecule has 1 aromatic heterocycles. The number of hydrogen-bond acceptors (Lipinski definition) is 4. The van der Waals surface area contributed by atoms with Gasteiger partial charge in [0.05, 0.1) is 12.7 Å². The summed E-state index contributed by atoms with van der Waals surface area (Å²) in [4.78, 5) is 14.4. The molecule has 0 aliphatic rings. The Morgan fingerprint density at radius 2 is 1.90 bits per heavy atom. The summed E-state index contributed by atoms with van der Waals surface area (Å²) in [5.74, 6) is -0.285. The molecular formula is C16H19NO2S. The summed E-state index contributed by atoms with van der Waals surface area (Å²) in [5.41, 5.74) is 1.59. The number of hydrogen-bond donors (Lipinski definition) is 1. The molecular weight excluding hydrogens is 270 g/mol. The van der Waals surface area contributed by atoms with Crippen LogP contribution in [0.3, 0.4) is 0 Å². The second-order valence-electron chi connectivity index (χ2n) is 4.47. The van der Waals surface area contributed by atoms with Gasteiger partial charge in [-0.15, -0.1) is 11.3 Å². The smallest absolute Gasteiger partial charge is 0.338 e. The van der Waals surface area contributed by atoms with E-state index in [1.807, 2.05) is 29.5 Å². The summed E-state index contributed by atoms with van der Waals surface area (Å²) in [6.07, 6.45) is 1.08. The number of esters is 1. The fourth-order valence-electron chi connectivity index (χ4n) is 2.01. The number of nitrogens with one attached hydrogen (secondary N) is 1. The van der Waals surface area contributed by atoms with Gasteiger partial charge >= 0.3 is 5.97 Å². The number of benzene rings is 1. The molecule has 106 valence electrons. The van der Waals surface area contributed by atoms with Crippen LogP contribution in [-0.4, -0.2) is 13.1 Å². The first-order valence-electron chi connectivity index (χ1n) is 6.69. The Bertz CT molecular complexity index is 577. The third kappa shape index (κ3) is 3.68. The molecule has 0 spiro atoms. The van der Waals surface area contributed by atoms with E-state index in [2.05, 4.69) is 24.4 Å². The molecule has 20 heavy (non-hydrogen) atoms.